The fourth-order valence-corrected chi connectivity index (χ4v) is 1.17. The number of hydrogen-bond acceptors (Lipinski definition) is 4. The van der Waals surface area contributed by atoms with Gasteiger partial charge in [-0.3, -0.25) is 10.1 Å². The van der Waals surface area contributed by atoms with Crippen LogP contribution in [0, 0.1) is 10.1 Å². The number of benzene rings is 1. The molecule has 0 amide bonds. The number of phenolic OH excluding ortho intramolecular Hbond substituents is 1. The monoisotopic (exact) mass is 235 g/mol. The van der Waals surface area contributed by atoms with Gasteiger partial charge in [-0.25, -0.2) is 0 Å². The van der Waals surface area contributed by atoms with Crippen LogP contribution in [0.1, 0.15) is 12.5 Å². The van der Waals surface area contributed by atoms with E-state index in [9.17, 15) is 15.2 Å². The quantitative estimate of drug-likeness (QED) is 0.280. The average molecular weight is 235 g/mol. The van der Waals surface area contributed by atoms with Crippen LogP contribution in [0.2, 0.25) is 0 Å². The van der Waals surface area contributed by atoms with Crippen molar-refractivity contribution in [1.82, 2.24) is 0 Å². The second-order valence-corrected chi connectivity index (χ2v) is 3.21. The van der Waals surface area contributed by atoms with E-state index in [0.29, 0.717) is 12.2 Å². The third-order valence-corrected chi connectivity index (χ3v) is 1.98. The molecule has 1 aromatic carbocycles. The molecular weight excluding hydrogens is 222 g/mol. The number of rotatable bonds is 5. The van der Waals surface area contributed by atoms with Gasteiger partial charge in [0.1, 0.15) is 12.4 Å². The summed E-state index contributed by atoms with van der Waals surface area (Å²) in [5, 5.41) is 20.0. The number of phenols is 1. The fraction of sp³-hybridized carbons (Fsp3) is 0.167. The molecule has 0 saturated carbocycles. The van der Waals surface area contributed by atoms with Crippen LogP contribution in [0.25, 0.3) is 6.08 Å². The standard InChI is InChI=1S/C12H13NO4/c1-2-3-7-17-8-6-10-9-11(14)4-5-12(10)13(15)16/h2-6,8-9,14H,7H2,1H3/b3-2+,8-6+. The number of nitrogens with zero attached hydrogens (tertiary/aromatic N) is 1. The highest BCUT2D eigenvalue weighted by Crippen LogP contribution is 2.24. The average Bonchev–Trinajstić information content (AvgIpc) is 2.28. The molecule has 0 aliphatic rings. The Morgan fingerprint density at radius 2 is 2.29 bits per heavy atom. The first kappa shape index (κ1) is 12.8. The Balaban J connectivity index is 2.81. The molecule has 0 bridgehead atoms. The smallest absolute Gasteiger partial charge is 0.276 e. The summed E-state index contributed by atoms with van der Waals surface area (Å²) < 4.78 is 5.08. The highest BCUT2D eigenvalue weighted by molar-refractivity contribution is 5.62. The van der Waals surface area contributed by atoms with E-state index in [1.165, 1.54) is 30.5 Å². The topological polar surface area (TPSA) is 72.6 Å². The molecule has 0 atom stereocenters. The summed E-state index contributed by atoms with van der Waals surface area (Å²) >= 11 is 0. The summed E-state index contributed by atoms with van der Waals surface area (Å²) in [6, 6.07) is 3.84. The van der Waals surface area contributed by atoms with Crippen LogP contribution in [0.4, 0.5) is 5.69 Å². The van der Waals surface area contributed by atoms with Gasteiger partial charge in [0.2, 0.25) is 0 Å². The molecule has 0 fully saturated rings. The molecule has 0 heterocycles. The van der Waals surface area contributed by atoms with Gasteiger partial charge in [0, 0.05) is 6.07 Å². The maximum atomic E-state index is 10.7. The Hall–Kier alpha value is -2.30. The zero-order valence-corrected chi connectivity index (χ0v) is 9.37. The first-order valence-electron chi connectivity index (χ1n) is 5.02. The second kappa shape index (κ2) is 6.32. The van der Waals surface area contributed by atoms with Gasteiger partial charge in [-0.05, 0) is 25.1 Å². The van der Waals surface area contributed by atoms with Gasteiger partial charge in [-0.2, -0.15) is 0 Å². The summed E-state index contributed by atoms with van der Waals surface area (Å²) in [6.07, 6.45) is 6.45. The molecule has 0 saturated heterocycles. The second-order valence-electron chi connectivity index (χ2n) is 3.21. The number of nitro groups is 1. The summed E-state index contributed by atoms with van der Waals surface area (Å²) in [7, 11) is 0. The van der Waals surface area contributed by atoms with Gasteiger partial charge < -0.3 is 9.84 Å². The molecule has 0 spiro atoms. The Bertz CT molecular complexity index is 452. The van der Waals surface area contributed by atoms with E-state index in [2.05, 4.69) is 0 Å². The molecule has 5 nitrogen and oxygen atoms in total. The molecule has 0 aromatic heterocycles. The van der Waals surface area contributed by atoms with E-state index in [-0.39, 0.29) is 11.4 Å². The maximum absolute atomic E-state index is 10.7. The molecule has 1 N–H and O–H groups in total. The molecule has 0 aliphatic carbocycles. The van der Waals surface area contributed by atoms with E-state index in [4.69, 9.17) is 4.74 Å². The van der Waals surface area contributed by atoms with Gasteiger partial charge in [-0.15, -0.1) is 0 Å². The van der Waals surface area contributed by atoms with Crippen molar-refractivity contribution in [2.45, 2.75) is 6.92 Å². The zero-order valence-electron chi connectivity index (χ0n) is 9.37. The summed E-state index contributed by atoms with van der Waals surface area (Å²) in [4.78, 5) is 10.2. The van der Waals surface area contributed by atoms with Gasteiger partial charge >= 0.3 is 0 Å². The molecule has 0 unspecified atom stereocenters. The molecule has 0 radical (unpaired) electrons. The third kappa shape index (κ3) is 3.98. The summed E-state index contributed by atoms with van der Waals surface area (Å²) in [6.45, 7) is 2.27. The first-order chi connectivity index (χ1) is 8.15. The van der Waals surface area contributed by atoms with E-state index in [0.717, 1.165) is 0 Å². The Morgan fingerprint density at radius 3 is 2.94 bits per heavy atom. The van der Waals surface area contributed by atoms with Crippen LogP contribution in [0.15, 0.2) is 36.6 Å². The van der Waals surface area contributed by atoms with Gasteiger partial charge in [0.15, 0.2) is 0 Å². The van der Waals surface area contributed by atoms with Crippen molar-refractivity contribution < 1.29 is 14.8 Å². The molecule has 1 aromatic rings. The number of hydrogen-bond donors (Lipinski definition) is 1. The molecule has 0 aliphatic heterocycles. The lowest BCUT2D eigenvalue weighted by Crippen LogP contribution is -1.91. The Kier molecular flexibility index (Phi) is 4.75. The number of allylic oxidation sites excluding steroid dienone is 1. The van der Waals surface area contributed by atoms with Gasteiger partial charge in [0.05, 0.1) is 16.7 Å². The lowest BCUT2D eigenvalue weighted by molar-refractivity contribution is -0.385. The van der Waals surface area contributed by atoms with Crippen molar-refractivity contribution in [1.29, 1.82) is 0 Å². The molecular formula is C12H13NO4. The van der Waals surface area contributed by atoms with Crippen LogP contribution >= 0.6 is 0 Å². The SMILES string of the molecule is C/C=C/CO/C=C/c1cc(O)ccc1[N+](=O)[O-]. The minimum absolute atomic E-state index is 0.0243. The van der Waals surface area contributed by atoms with E-state index in [1.54, 1.807) is 6.08 Å². The largest absolute Gasteiger partial charge is 0.508 e. The normalized spacial score (nSPS) is 11.1. The van der Waals surface area contributed by atoms with Crippen LogP contribution in [0.5, 0.6) is 5.75 Å². The Morgan fingerprint density at radius 1 is 1.53 bits per heavy atom. The van der Waals surface area contributed by atoms with E-state index in [1.807, 2.05) is 13.0 Å². The van der Waals surface area contributed by atoms with Crippen molar-refractivity contribution in [3.05, 3.63) is 52.3 Å². The molecule has 5 heteroatoms. The van der Waals surface area contributed by atoms with Crippen molar-refractivity contribution in [2.75, 3.05) is 6.61 Å². The van der Waals surface area contributed by atoms with Crippen LogP contribution in [0.3, 0.4) is 0 Å². The zero-order chi connectivity index (χ0) is 12.7. The Labute approximate surface area is 98.8 Å². The lowest BCUT2D eigenvalue weighted by Gasteiger charge is -1.99. The predicted octanol–water partition coefficient (Wildman–Crippen LogP) is 2.86. The number of nitro benzene ring substituents is 1. The van der Waals surface area contributed by atoms with Crippen LogP contribution in [-0.2, 0) is 4.74 Å². The van der Waals surface area contributed by atoms with Gasteiger partial charge in [0.25, 0.3) is 5.69 Å². The molecule has 90 valence electrons. The van der Waals surface area contributed by atoms with E-state index >= 15 is 0 Å². The lowest BCUT2D eigenvalue weighted by atomic mass is 10.1. The summed E-state index contributed by atoms with van der Waals surface area (Å²) in [5.41, 5.74) is 0.226. The minimum Gasteiger partial charge on any atom is -0.508 e. The van der Waals surface area contributed by atoms with Crippen LogP contribution in [-0.4, -0.2) is 16.6 Å². The minimum atomic E-state index is -0.509. The highest BCUT2D eigenvalue weighted by atomic mass is 16.6. The predicted molar refractivity (Wildman–Crippen MR) is 64.6 cm³/mol. The highest BCUT2D eigenvalue weighted by Gasteiger charge is 2.11. The molecule has 17 heavy (non-hydrogen) atoms. The first-order valence-corrected chi connectivity index (χ1v) is 5.02. The van der Waals surface area contributed by atoms with Crippen molar-refractivity contribution in [3.8, 4) is 5.75 Å². The van der Waals surface area contributed by atoms with Crippen LogP contribution < -0.4 is 0 Å². The fourth-order valence-electron chi connectivity index (χ4n) is 1.17. The summed E-state index contributed by atoms with van der Waals surface area (Å²) in [5.74, 6) is -0.0243. The number of ether oxygens (including phenoxy) is 1. The number of aromatic hydroxyl groups is 1. The van der Waals surface area contributed by atoms with Crippen molar-refractivity contribution in [3.63, 3.8) is 0 Å². The van der Waals surface area contributed by atoms with Gasteiger partial charge in [-0.1, -0.05) is 12.2 Å². The van der Waals surface area contributed by atoms with Crippen molar-refractivity contribution in [2.24, 2.45) is 0 Å². The molecule has 1 rings (SSSR count). The van der Waals surface area contributed by atoms with E-state index < -0.39 is 4.92 Å². The maximum Gasteiger partial charge on any atom is 0.276 e. The third-order valence-electron chi connectivity index (χ3n) is 1.98. The van der Waals surface area contributed by atoms with Crippen molar-refractivity contribution >= 4 is 11.8 Å².